The maximum Gasteiger partial charge on any atom is 0.315 e. The highest BCUT2D eigenvalue weighted by Gasteiger charge is 2.21. The topological polar surface area (TPSA) is 170 Å². The summed E-state index contributed by atoms with van der Waals surface area (Å²) in [5, 5.41) is 12.8. The number of primary amides is 1. The molecule has 0 saturated heterocycles. The van der Waals surface area contributed by atoms with Crippen LogP contribution in [-0.2, 0) is 13.1 Å². The van der Waals surface area contributed by atoms with Crippen LogP contribution in [0.4, 0.5) is 10.7 Å². The van der Waals surface area contributed by atoms with E-state index < -0.39 is 11.8 Å². The van der Waals surface area contributed by atoms with E-state index in [1.165, 1.54) is 19.2 Å². The predicted octanol–water partition coefficient (Wildman–Crippen LogP) is 2.35. The number of hydrogen-bond acceptors (Lipinski definition) is 7. The molecule has 210 valence electrons. The Labute approximate surface area is 231 Å². The number of aromatic nitrogens is 4. The summed E-state index contributed by atoms with van der Waals surface area (Å²) in [6, 6.07) is 14.1. The first-order valence-electron chi connectivity index (χ1n) is 12.9. The van der Waals surface area contributed by atoms with E-state index in [0.29, 0.717) is 60.8 Å². The molecule has 0 bridgehead atoms. The van der Waals surface area contributed by atoms with Gasteiger partial charge in [-0.1, -0.05) is 30.3 Å². The number of nitrogens with two attached hydrogens (primary N) is 1. The Morgan fingerprint density at radius 1 is 1.05 bits per heavy atom. The zero-order valence-electron chi connectivity index (χ0n) is 22.7. The Morgan fingerprint density at radius 2 is 1.82 bits per heavy atom. The van der Waals surface area contributed by atoms with Gasteiger partial charge in [0.25, 0.3) is 5.91 Å². The molecule has 0 aliphatic rings. The van der Waals surface area contributed by atoms with Gasteiger partial charge in [-0.15, -0.1) is 0 Å². The zero-order valence-corrected chi connectivity index (χ0v) is 22.7. The minimum absolute atomic E-state index is 0.190. The summed E-state index contributed by atoms with van der Waals surface area (Å²) < 4.78 is 8.72. The molecule has 0 aliphatic heterocycles. The summed E-state index contributed by atoms with van der Waals surface area (Å²) in [6.45, 7) is 5.48. The molecule has 0 atom stereocenters. The minimum Gasteiger partial charge on any atom is -0.494 e. The largest absolute Gasteiger partial charge is 0.494 e. The van der Waals surface area contributed by atoms with Gasteiger partial charge in [0, 0.05) is 31.7 Å². The molecule has 2 heterocycles. The first-order chi connectivity index (χ1) is 19.3. The van der Waals surface area contributed by atoms with E-state index in [-0.39, 0.29) is 17.5 Å². The van der Waals surface area contributed by atoms with E-state index in [1.807, 2.05) is 44.2 Å². The summed E-state index contributed by atoms with van der Waals surface area (Å²) in [6.07, 6.45) is 0.565. The molecule has 0 aliphatic carbocycles. The van der Waals surface area contributed by atoms with Crippen LogP contribution in [0.1, 0.15) is 45.4 Å². The van der Waals surface area contributed by atoms with Crippen molar-refractivity contribution < 1.29 is 19.1 Å². The number of nitrogens with zero attached hydrogens (tertiary/aromatic N) is 4. The molecule has 13 heteroatoms. The summed E-state index contributed by atoms with van der Waals surface area (Å²) in [7, 11) is 1.47. The second kappa shape index (κ2) is 12.7. The molecule has 6 N–H and O–H groups in total. The summed E-state index contributed by atoms with van der Waals surface area (Å²) >= 11 is 0. The van der Waals surface area contributed by atoms with Crippen LogP contribution in [0.25, 0.3) is 11.0 Å². The average molecular weight is 548 g/mol. The second-order valence-electron chi connectivity index (χ2n) is 8.98. The van der Waals surface area contributed by atoms with E-state index in [4.69, 9.17) is 10.5 Å². The van der Waals surface area contributed by atoms with Crippen LogP contribution in [-0.4, -0.2) is 57.5 Å². The summed E-state index contributed by atoms with van der Waals surface area (Å²) in [5.41, 5.74) is 12.0. The number of nitrogens with one attached hydrogen (secondary N) is 4. The Hall–Kier alpha value is -5.07. The van der Waals surface area contributed by atoms with Crippen molar-refractivity contribution in [3.63, 3.8) is 0 Å². The molecule has 0 saturated carbocycles. The van der Waals surface area contributed by atoms with Gasteiger partial charge in [-0.25, -0.2) is 14.5 Å². The van der Waals surface area contributed by atoms with Crippen molar-refractivity contribution in [2.45, 2.75) is 33.4 Å². The van der Waals surface area contributed by atoms with Crippen LogP contribution < -0.4 is 31.8 Å². The van der Waals surface area contributed by atoms with Crippen molar-refractivity contribution in [1.29, 1.82) is 0 Å². The molecule has 4 amide bonds. The number of amides is 4. The van der Waals surface area contributed by atoms with Crippen molar-refractivity contribution in [3.05, 3.63) is 71.0 Å². The fraction of sp³-hybridized carbons (Fsp3) is 0.296. The van der Waals surface area contributed by atoms with Crippen LogP contribution in [0.15, 0.2) is 48.5 Å². The third kappa shape index (κ3) is 6.49. The molecule has 40 heavy (non-hydrogen) atoms. The third-order valence-electron chi connectivity index (χ3n) is 6.09. The number of benzene rings is 2. The van der Waals surface area contributed by atoms with E-state index in [1.54, 1.807) is 15.4 Å². The lowest BCUT2D eigenvalue weighted by molar-refractivity contribution is 0.0995. The quantitative estimate of drug-likeness (QED) is 0.170. The van der Waals surface area contributed by atoms with Crippen LogP contribution in [0.3, 0.4) is 0 Å². The molecule has 2 aromatic heterocycles. The Morgan fingerprint density at radius 3 is 2.52 bits per heavy atom. The van der Waals surface area contributed by atoms with Gasteiger partial charge >= 0.3 is 6.03 Å². The van der Waals surface area contributed by atoms with Gasteiger partial charge in [0.2, 0.25) is 11.9 Å². The number of aryl methyl sites for hydroxylation is 2. The van der Waals surface area contributed by atoms with Gasteiger partial charge in [-0.05, 0) is 44.0 Å². The first kappa shape index (κ1) is 28.0. The fourth-order valence-electron chi connectivity index (χ4n) is 4.17. The summed E-state index contributed by atoms with van der Waals surface area (Å²) in [4.78, 5) is 41.7. The minimum atomic E-state index is -0.632. The average Bonchev–Trinajstić information content (AvgIpc) is 3.51. The number of carbonyl (C=O) groups excluding carboxylic acids is 3. The lowest BCUT2D eigenvalue weighted by Crippen LogP contribution is -2.36. The predicted molar refractivity (Wildman–Crippen MR) is 151 cm³/mol. The number of urea groups is 1. The molecule has 0 fully saturated rings. The number of imidazole rings is 1. The first-order valence-corrected chi connectivity index (χ1v) is 12.9. The van der Waals surface area contributed by atoms with Crippen LogP contribution >= 0.6 is 0 Å². The van der Waals surface area contributed by atoms with Gasteiger partial charge in [0.1, 0.15) is 17.0 Å². The molecule has 4 aromatic rings. The van der Waals surface area contributed by atoms with Gasteiger partial charge in [0.15, 0.2) is 0 Å². The van der Waals surface area contributed by atoms with Gasteiger partial charge in [-0.3, -0.25) is 19.6 Å². The molecule has 0 radical (unpaired) electrons. The van der Waals surface area contributed by atoms with Gasteiger partial charge in [-0.2, -0.15) is 5.10 Å². The van der Waals surface area contributed by atoms with Crippen LogP contribution in [0.2, 0.25) is 0 Å². The number of methoxy groups -OCH3 is 1. The van der Waals surface area contributed by atoms with Crippen molar-refractivity contribution in [2.75, 3.05) is 30.9 Å². The normalized spacial score (nSPS) is 10.8. The number of carbonyl (C=O) groups is 3. The molecule has 4 rings (SSSR count). The lowest BCUT2D eigenvalue weighted by atomic mass is 10.2. The molecular weight excluding hydrogens is 514 g/mol. The monoisotopic (exact) mass is 547 g/mol. The van der Waals surface area contributed by atoms with E-state index in [0.717, 1.165) is 5.56 Å². The van der Waals surface area contributed by atoms with E-state index in [9.17, 15) is 14.4 Å². The number of anilines is 1. The van der Waals surface area contributed by atoms with E-state index in [2.05, 4.69) is 31.5 Å². The maximum atomic E-state index is 13.2. The van der Waals surface area contributed by atoms with Gasteiger partial charge < -0.3 is 26.5 Å². The highest BCUT2D eigenvalue weighted by Crippen LogP contribution is 2.30. The number of fused-ring (bicyclic) bond motifs is 1. The number of rotatable bonds is 12. The molecular formula is C27H33N9O4. The van der Waals surface area contributed by atoms with Crippen LogP contribution in [0.5, 0.6) is 5.75 Å². The van der Waals surface area contributed by atoms with Crippen molar-refractivity contribution in [3.8, 4) is 5.75 Å². The van der Waals surface area contributed by atoms with Crippen molar-refractivity contribution in [2.24, 2.45) is 5.73 Å². The molecule has 0 spiro atoms. The molecule has 2 aromatic carbocycles. The smallest absolute Gasteiger partial charge is 0.315 e. The van der Waals surface area contributed by atoms with Crippen molar-refractivity contribution in [1.82, 2.24) is 30.1 Å². The lowest BCUT2D eigenvalue weighted by Gasteiger charge is -2.15. The Kier molecular flexibility index (Phi) is 8.84. The Balaban J connectivity index is 1.48. The fourth-order valence-corrected chi connectivity index (χ4v) is 4.17. The van der Waals surface area contributed by atoms with Crippen molar-refractivity contribution >= 4 is 34.8 Å². The highest BCUT2D eigenvalue weighted by molar-refractivity contribution is 6.04. The Bertz CT molecular complexity index is 1510. The highest BCUT2D eigenvalue weighted by atomic mass is 16.5. The standard InChI is InChI=1S/C27H33N9O4/c1-4-35-21(13-17(2)34-35)25(38)33-26-32-20-14-19(24(28)37)15-22(40-3)23(20)36(26)31-12-8-11-29-27(39)30-16-18-9-6-5-7-10-18/h5-7,9-10,13-15,31H,4,8,11-12,16H2,1-3H3,(H2,28,37)(H2,29,30,39)(H,32,33,38). The van der Waals surface area contributed by atoms with Gasteiger partial charge in [0.05, 0.1) is 18.3 Å². The van der Waals surface area contributed by atoms with Crippen LogP contribution in [0, 0.1) is 6.92 Å². The second-order valence-corrected chi connectivity index (χ2v) is 8.98. The zero-order chi connectivity index (χ0) is 28.6. The number of hydrogen-bond donors (Lipinski definition) is 5. The molecule has 13 nitrogen and oxygen atoms in total. The third-order valence-corrected chi connectivity index (χ3v) is 6.09. The summed E-state index contributed by atoms with van der Waals surface area (Å²) in [5.74, 6) is -0.492. The SMILES string of the molecule is CCn1nc(C)cc1C(=O)Nc1nc2cc(C(N)=O)cc(OC)c2n1NCCCNC(=O)NCc1ccccc1. The van der Waals surface area contributed by atoms with E-state index >= 15 is 0 Å². The molecule has 0 unspecified atom stereocenters. The number of ether oxygens (including phenoxy) is 1. The maximum absolute atomic E-state index is 13.2.